The van der Waals surface area contributed by atoms with Crippen LogP contribution in [-0.2, 0) is 0 Å². The van der Waals surface area contributed by atoms with Gasteiger partial charge < -0.3 is 15.2 Å². The maximum atomic E-state index is 10.8. The Balaban J connectivity index is 0.00000304. The van der Waals surface area contributed by atoms with Gasteiger partial charge in [0.1, 0.15) is 17.6 Å². The number of aromatic nitrogens is 7. The number of aromatic hydroxyl groups is 1. The molecule has 4 heterocycles. The van der Waals surface area contributed by atoms with Crippen LogP contribution in [0.1, 0.15) is 53.5 Å². The van der Waals surface area contributed by atoms with Crippen LogP contribution >= 0.6 is 12.4 Å². The molecule has 2 N–H and O–H groups in total. The number of halogens is 1. The second kappa shape index (κ2) is 9.59. The van der Waals surface area contributed by atoms with E-state index in [9.17, 15) is 5.11 Å². The smallest absolute Gasteiger partial charge is 0.216 e. The van der Waals surface area contributed by atoms with Crippen molar-refractivity contribution in [2.75, 3.05) is 6.61 Å². The molecule has 3 aromatic heterocycles. The minimum absolute atomic E-state index is 0. The minimum atomic E-state index is -0.0291. The van der Waals surface area contributed by atoms with Crippen LogP contribution < -0.4 is 10.1 Å². The third kappa shape index (κ3) is 5.10. The lowest BCUT2D eigenvalue weighted by molar-refractivity contribution is 0.127. The Bertz CT molecular complexity index is 1370. The standard InChI is InChI=1S/C25H30N8O2.ClH/c1-6-35-22-11-18(26-14-27-22)15-7-8-17(21(34)9-15)19-10-20-23(30-28-19)33(32-29-20)16-12-24(2,3)31-25(4,5)13-16;/h7-11,14,16,31,34H,6,12-13H2,1-5H3;1H. The van der Waals surface area contributed by atoms with Crippen LogP contribution in [0.2, 0.25) is 0 Å². The fourth-order valence-electron chi connectivity index (χ4n) is 5.20. The van der Waals surface area contributed by atoms with Gasteiger partial charge in [-0.1, -0.05) is 11.3 Å². The topological polar surface area (TPSA) is 124 Å². The number of fused-ring (bicyclic) bond motifs is 1. The van der Waals surface area contributed by atoms with Crippen LogP contribution in [0.25, 0.3) is 33.7 Å². The first-order valence-electron chi connectivity index (χ1n) is 11.8. The molecular weight excluding hydrogens is 480 g/mol. The molecule has 0 bridgehead atoms. The van der Waals surface area contributed by atoms with Crippen molar-refractivity contribution in [3.8, 4) is 34.1 Å². The molecule has 0 amide bonds. The number of piperidine rings is 1. The van der Waals surface area contributed by atoms with Gasteiger partial charge in [0.2, 0.25) is 11.5 Å². The van der Waals surface area contributed by atoms with Crippen LogP contribution in [0.3, 0.4) is 0 Å². The zero-order valence-electron chi connectivity index (χ0n) is 21.1. The van der Waals surface area contributed by atoms with Crippen molar-refractivity contribution < 1.29 is 9.84 Å². The van der Waals surface area contributed by atoms with Gasteiger partial charge in [0.25, 0.3) is 0 Å². The second-order valence-electron chi connectivity index (χ2n) is 10.3. The van der Waals surface area contributed by atoms with Gasteiger partial charge in [-0.05, 0) is 65.7 Å². The fraction of sp³-hybridized carbons (Fsp3) is 0.440. The summed E-state index contributed by atoms with van der Waals surface area (Å²) in [5.41, 5.74) is 3.71. The maximum Gasteiger partial charge on any atom is 0.216 e. The molecule has 190 valence electrons. The molecular formula is C25H31ClN8O2. The first kappa shape index (κ1) is 25.7. The van der Waals surface area contributed by atoms with Gasteiger partial charge in [-0.25, -0.2) is 14.6 Å². The summed E-state index contributed by atoms with van der Waals surface area (Å²) < 4.78 is 7.34. The van der Waals surface area contributed by atoms with E-state index in [2.05, 4.69) is 63.5 Å². The summed E-state index contributed by atoms with van der Waals surface area (Å²) in [5.74, 6) is 0.558. The number of phenolic OH excluding ortho intramolecular Hbond substituents is 1. The Morgan fingerprint density at radius 3 is 2.44 bits per heavy atom. The van der Waals surface area contributed by atoms with Gasteiger partial charge in [-0.3, -0.25) is 0 Å². The van der Waals surface area contributed by atoms with E-state index in [1.165, 1.54) is 6.33 Å². The zero-order valence-corrected chi connectivity index (χ0v) is 21.9. The number of ether oxygens (including phenoxy) is 1. The first-order chi connectivity index (χ1) is 16.6. The molecule has 5 rings (SSSR count). The number of hydrogen-bond donors (Lipinski definition) is 2. The molecule has 0 spiro atoms. The average Bonchev–Trinajstić information content (AvgIpc) is 3.21. The highest BCUT2D eigenvalue weighted by Gasteiger charge is 2.39. The summed E-state index contributed by atoms with van der Waals surface area (Å²) in [7, 11) is 0. The van der Waals surface area contributed by atoms with Gasteiger partial charge in [0, 0.05) is 28.3 Å². The molecule has 10 nitrogen and oxygen atoms in total. The number of nitrogens with zero attached hydrogens (tertiary/aromatic N) is 7. The van der Waals surface area contributed by atoms with E-state index in [1.54, 1.807) is 18.2 Å². The third-order valence-corrected chi connectivity index (χ3v) is 6.24. The number of hydrogen-bond acceptors (Lipinski definition) is 9. The van der Waals surface area contributed by atoms with Crippen LogP contribution in [0.4, 0.5) is 0 Å². The first-order valence-corrected chi connectivity index (χ1v) is 11.8. The van der Waals surface area contributed by atoms with Crippen molar-refractivity contribution in [1.82, 2.24) is 40.5 Å². The lowest BCUT2D eigenvalue weighted by Crippen LogP contribution is -2.58. The van der Waals surface area contributed by atoms with Crippen molar-refractivity contribution in [3.63, 3.8) is 0 Å². The summed E-state index contributed by atoms with van der Waals surface area (Å²) in [6, 6.07) is 9.03. The molecule has 1 fully saturated rings. The molecule has 0 saturated carbocycles. The van der Waals surface area contributed by atoms with E-state index in [-0.39, 0.29) is 35.3 Å². The van der Waals surface area contributed by atoms with E-state index in [1.807, 2.05) is 23.7 Å². The van der Waals surface area contributed by atoms with Crippen LogP contribution in [0.15, 0.2) is 36.7 Å². The predicted octanol–water partition coefficient (Wildman–Crippen LogP) is 4.35. The summed E-state index contributed by atoms with van der Waals surface area (Å²) in [4.78, 5) is 8.38. The van der Waals surface area contributed by atoms with Crippen molar-refractivity contribution in [3.05, 3.63) is 36.7 Å². The van der Waals surface area contributed by atoms with Gasteiger partial charge in [0.05, 0.1) is 24.0 Å². The molecule has 1 saturated heterocycles. The van der Waals surface area contributed by atoms with Crippen molar-refractivity contribution >= 4 is 23.6 Å². The van der Waals surface area contributed by atoms with E-state index < -0.39 is 0 Å². The molecule has 4 aromatic rings. The molecule has 0 unspecified atom stereocenters. The third-order valence-electron chi connectivity index (χ3n) is 6.24. The van der Waals surface area contributed by atoms with Gasteiger partial charge in [-0.15, -0.1) is 27.7 Å². The number of phenols is 1. The van der Waals surface area contributed by atoms with Crippen molar-refractivity contribution in [1.29, 1.82) is 0 Å². The molecule has 36 heavy (non-hydrogen) atoms. The van der Waals surface area contributed by atoms with Crippen molar-refractivity contribution in [2.24, 2.45) is 0 Å². The monoisotopic (exact) mass is 510 g/mol. The lowest BCUT2D eigenvalue weighted by Gasteiger charge is -2.46. The quantitative estimate of drug-likeness (QED) is 0.403. The van der Waals surface area contributed by atoms with Crippen LogP contribution in [0.5, 0.6) is 11.6 Å². The van der Waals surface area contributed by atoms with Crippen LogP contribution in [-0.4, -0.2) is 58.0 Å². The second-order valence-corrected chi connectivity index (χ2v) is 10.3. The normalized spacial score (nSPS) is 17.0. The fourth-order valence-corrected chi connectivity index (χ4v) is 5.20. The number of rotatable bonds is 5. The lowest BCUT2D eigenvalue weighted by atomic mass is 9.80. The Kier molecular flexibility index (Phi) is 6.85. The molecule has 0 radical (unpaired) electrons. The Morgan fingerprint density at radius 2 is 1.75 bits per heavy atom. The summed E-state index contributed by atoms with van der Waals surface area (Å²) >= 11 is 0. The largest absolute Gasteiger partial charge is 0.507 e. The predicted molar refractivity (Wildman–Crippen MR) is 139 cm³/mol. The number of benzene rings is 1. The highest BCUT2D eigenvalue weighted by atomic mass is 35.5. The molecule has 0 aliphatic carbocycles. The molecule has 0 atom stereocenters. The zero-order chi connectivity index (χ0) is 24.8. The van der Waals surface area contributed by atoms with Gasteiger partial charge in [-0.2, -0.15) is 0 Å². The van der Waals surface area contributed by atoms with Gasteiger partial charge >= 0.3 is 0 Å². The SMILES string of the molecule is CCOc1cc(-c2ccc(-c3cc4nnn(C5CC(C)(C)NC(C)(C)C5)c4nn3)c(O)c2)ncn1.Cl. The van der Waals surface area contributed by atoms with Crippen molar-refractivity contribution in [2.45, 2.75) is 64.6 Å². The molecule has 1 aliphatic heterocycles. The Morgan fingerprint density at radius 1 is 1.00 bits per heavy atom. The van der Waals surface area contributed by atoms with Gasteiger partial charge in [0.15, 0.2) is 0 Å². The summed E-state index contributed by atoms with van der Waals surface area (Å²) in [5, 5.41) is 32.2. The summed E-state index contributed by atoms with van der Waals surface area (Å²) in [6.07, 6.45) is 3.27. The van der Waals surface area contributed by atoms with E-state index in [4.69, 9.17) is 4.74 Å². The molecule has 11 heteroatoms. The molecule has 1 aliphatic rings. The highest BCUT2D eigenvalue weighted by molar-refractivity contribution is 5.85. The highest BCUT2D eigenvalue weighted by Crippen LogP contribution is 2.37. The molecule has 1 aromatic carbocycles. The number of nitrogens with one attached hydrogen (secondary N) is 1. The van der Waals surface area contributed by atoms with E-state index >= 15 is 0 Å². The Labute approximate surface area is 215 Å². The van der Waals surface area contributed by atoms with E-state index in [0.29, 0.717) is 40.6 Å². The van der Waals surface area contributed by atoms with Crippen LogP contribution in [0, 0.1) is 0 Å². The maximum absolute atomic E-state index is 10.8. The Hall–Kier alpha value is -3.37. The minimum Gasteiger partial charge on any atom is -0.507 e. The average molecular weight is 511 g/mol. The van der Waals surface area contributed by atoms with E-state index in [0.717, 1.165) is 18.4 Å². The summed E-state index contributed by atoms with van der Waals surface area (Å²) in [6.45, 7) is 11.2.